The summed E-state index contributed by atoms with van der Waals surface area (Å²) in [6.45, 7) is 9.02. The Morgan fingerprint density at radius 3 is 2.52 bits per heavy atom. The van der Waals surface area contributed by atoms with Crippen molar-refractivity contribution in [3.8, 4) is 5.82 Å². The summed E-state index contributed by atoms with van der Waals surface area (Å²) in [6.07, 6.45) is 3.55. The van der Waals surface area contributed by atoms with Crippen molar-refractivity contribution in [2.24, 2.45) is 0 Å². The zero-order valence-corrected chi connectivity index (χ0v) is 25.6. The molecule has 5 rings (SSSR count). The molecule has 0 unspecified atom stereocenters. The summed E-state index contributed by atoms with van der Waals surface area (Å²) in [4.78, 5) is 27.0. The van der Waals surface area contributed by atoms with Gasteiger partial charge in [-0.25, -0.2) is 27.7 Å². The van der Waals surface area contributed by atoms with E-state index in [1.165, 1.54) is 24.4 Å². The van der Waals surface area contributed by atoms with Gasteiger partial charge in [0.05, 0.1) is 6.26 Å². The van der Waals surface area contributed by atoms with E-state index in [0.717, 1.165) is 29.2 Å². The highest BCUT2D eigenvalue weighted by molar-refractivity contribution is 7.92. The largest absolute Gasteiger partial charge is 0.324 e. The van der Waals surface area contributed by atoms with Crippen LogP contribution in [0.15, 0.2) is 47.4 Å². The Balaban J connectivity index is 0.00000220. The molecule has 0 fully saturated rings. The monoisotopic (exact) mass is 608 g/mol. The van der Waals surface area contributed by atoms with Gasteiger partial charge in [-0.2, -0.15) is 4.98 Å². The number of benzene rings is 1. The van der Waals surface area contributed by atoms with E-state index in [0.29, 0.717) is 22.8 Å². The van der Waals surface area contributed by atoms with Crippen LogP contribution < -0.4 is 20.5 Å². The van der Waals surface area contributed by atoms with Crippen LogP contribution in [-0.4, -0.2) is 52.6 Å². The molecule has 0 spiro atoms. The normalized spacial score (nSPS) is 14.3. The zero-order valence-electron chi connectivity index (χ0n) is 23.2. The van der Waals surface area contributed by atoms with Gasteiger partial charge in [0, 0.05) is 30.5 Å². The van der Waals surface area contributed by atoms with Crippen LogP contribution in [0.4, 0.5) is 17.5 Å². The standard InChI is InChI=1S/C26H32N8O3S.2ClH/c1-16(2)33-24(35)19-15-27-25(29-18-10-11-20-17(14-18)12-13-28-26(20,3)4)31-23(19)34(33)22-9-7-8-21(30-22)32(5)38(6,36)37;;/h7-11,14-16,28H,12-13H2,1-6H3,(H,27,29,31);2*1H. The molecule has 14 heteroatoms. The van der Waals surface area contributed by atoms with Crippen molar-refractivity contribution >= 4 is 63.3 Å². The highest BCUT2D eigenvalue weighted by Crippen LogP contribution is 2.31. The molecule has 0 aliphatic carbocycles. The fourth-order valence-electron chi connectivity index (χ4n) is 4.84. The predicted molar refractivity (Wildman–Crippen MR) is 164 cm³/mol. The smallest absolute Gasteiger partial charge is 0.278 e. The number of halogens is 2. The van der Waals surface area contributed by atoms with Crippen LogP contribution in [0.2, 0.25) is 0 Å². The van der Waals surface area contributed by atoms with Crippen molar-refractivity contribution in [1.29, 1.82) is 0 Å². The molecule has 0 saturated heterocycles. The molecule has 0 bridgehead atoms. The number of fused-ring (bicyclic) bond motifs is 2. The van der Waals surface area contributed by atoms with Gasteiger partial charge in [0.1, 0.15) is 11.2 Å². The number of rotatable bonds is 6. The molecule has 3 aromatic heterocycles. The van der Waals surface area contributed by atoms with E-state index in [1.807, 2.05) is 19.9 Å². The van der Waals surface area contributed by atoms with Gasteiger partial charge >= 0.3 is 0 Å². The Hall–Kier alpha value is -3.19. The van der Waals surface area contributed by atoms with Gasteiger partial charge in [-0.3, -0.25) is 9.10 Å². The Morgan fingerprint density at radius 1 is 1.12 bits per heavy atom. The third-order valence-corrected chi connectivity index (χ3v) is 8.05. The molecule has 0 atom stereocenters. The lowest BCUT2D eigenvalue weighted by molar-refractivity contribution is 0.382. The molecule has 4 heterocycles. The van der Waals surface area contributed by atoms with E-state index in [9.17, 15) is 13.2 Å². The zero-order chi connectivity index (χ0) is 27.4. The van der Waals surface area contributed by atoms with E-state index < -0.39 is 10.0 Å². The van der Waals surface area contributed by atoms with E-state index in [1.54, 1.807) is 27.6 Å². The summed E-state index contributed by atoms with van der Waals surface area (Å²) in [5.74, 6) is 0.935. The van der Waals surface area contributed by atoms with Crippen molar-refractivity contribution in [1.82, 2.24) is 29.6 Å². The minimum atomic E-state index is -3.52. The molecule has 2 N–H and O–H groups in total. The Bertz CT molecular complexity index is 1720. The minimum absolute atomic E-state index is 0. The number of pyridine rings is 1. The van der Waals surface area contributed by atoms with Gasteiger partial charge in [-0.05, 0) is 76.1 Å². The average Bonchev–Trinajstić information content (AvgIpc) is 3.14. The maximum atomic E-state index is 13.3. The van der Waals surface area contributed by atoms with Crippen LogP contribution in [0, 0.1) is 0 Å². The van der Waals surface area contributed by atoms with Crippen molar-refractivity contribution in [2.75, 3.05) is 29.5 Å². The van der Waals surface area contributed by atoms with E-state index in [-0.39, 0.29) is 47.8 Å². The third-order valence-electron chi connectivity index (χ3n) is 6.87. The lowest BCUT2D eigenvalue weighted by atomic mass is 9.85. The molecule has 216 valence electrons. The van der Waals surface area contributed by atoms with Gasteiger partial charge < -0.3 is 10.6 Å². The van der Waals surface area contributed by atoms with Crippen molar-refractivity contribution in [2.45, 2.75) is 45.7 Å². The first kappa shape index (κ1) is 31.3. The third kappa shape index (κ3) is 5.67. The second-order valence-corrected chi connectivity index (χ2v) is 12.4. The van der Waals surface area contributed by atoms with E-state index in [4.69, 9.17) is 4.98 Å². The molecule has 11 nitrogen and oxygen atoms in total. The van der Waals surface area contributed by atoms with Crippen LogP contribution in [0.3, 0.4) is 0 Å². The van der Waals surface area contributed by atoms with Gasteiger partial charge in [-0.1, -0.05) is 12.1 Å². The quantitative estimate of drug-likeness (QED) is 0.337. The lowest BCUT2D eigenvalue weighted by Crippen LogP contribution is -2.42. The van der Waals surface area contributed by atoms with Crippen LogP contribution in [0.1, 0.15) is 44.9 Å². The van der Waals surface area contributed by atoms with Gasteiger partial charge in [0.25, 0.3) is 5.56 Å². The number of sulfonamides is 1. The maximum Gasteiger partial charge on any atom is 0.278 e. The summed E-state index contributed by atoms with van der Waals surface area (Å²) < 4.78 is 28.5. The maximum absolute atomic E-state index is 13.3. The molecule has 0 amide bonds. The second kappa shape index (κ2) is 11.4. The lowest BCUT2D eigenvalue weighted by Gasteiger charge is -2.34. The van der Waals surface area contributed by atoms with Crippen LogP contribution in [0.25, 0.3) is 16.9 Å². The number of nitrogens with one attached hydrogen (secondary N) is 2. The Kier molecular flexibility index (Phi) is 8.90. The number of hydrogen-bond donors (Lipinski definition) is 2. The van der Waals surface area contributed by atoms with Gasteiger partial charge in [0.2, 0.25) is 16.0 Å². The fourth-order valence-corrected chi connectivity index (χ4v) is 5.28. The summed E-state index contributed by atoms with van der Waals surface area (Å²) in [5, 5.41) is 7.16. The first-order valence-electron chi connectivity index (χ1n) is 12.4. The van der Waals surface area contributed by atoms with Crippen LogP contribution in [-0.2, 0) is 22.0 Å². The molecule has 0 radical (unpaired) electrons. The van der Waals surface area contributed by atoms with Gasteiger partial charge in [-0.15, -0.1) is 24.8 Å². The second-order valence-electron chi connectivity index (χ2n) is 10.4. The molecule has 40 heavy (non-hydrogen) atoms. The number of aromatic nitrogens is 5. The van der Waals surface area contributed by atoms with Crippen molar-refractivity contribution in [3.63, 3.8) is 0 Å². The average molecular weight is 610 g/mol. The number of hydrogen-bond acceptors (Lipinski definition) is 8. The Labute approximate surface area is 245 Å². The van der Waals surface area contributed by atoms with Crippen molar-refractivity contribution in [3.05, 3.63) is 64.1 Å². The summed E-state index contributed by atoms with van der Waals surface area (Å²) >= 11 is 0. The van der Waals surface area contributed by atoms with E-state index >= 15 is 0 Å². The first-order chi connectivity index (χ1) is 17.9. The molecule has 0 saturated carbocycles. The molecule has 1 aromatic carbocycles. The van der Waals surface area contributed by atoms with Gasteiger partial charge in [0.15, 0.2) is 11.5 Å². The molecule has 4 aromatic rings. The van der Waals surface area contributed by atoms with Crippen LogP contribution in [0.5, 0.6) is 0 Å². The summed E-state index contributed by atoms with van der Waals surface area (Å²) in [5.41, 5.74) is 3.40. The molecular formula is C26H34Cl2N8O3S. The summed E-state index contributed by atoms with van der Waals surface area (Å²) in [7, 11) is -2.09. The number of anilines is 3. The minimum Gasteiger partial charge on any atom is -0.324 e. The fraction of sp³-hybridized carbons (Fsp3) is 0.385. The SMILES string of the molecule is CC(C)n1c(=O)c2cnc(Nc3ccc4c(c3)CCNC4(C)C)nc2n1-c1cccc(N(C)S(C)(=O)=O)n1.Cl.Cl. The molecule has 1 aliphatic heterocycles. The Morgan fingerprint density at radius 2 is 1.85 bits per heavy atom. The highest BCUT2D eigenvalue weighted by atomic mass is 35.5. The predicted octanol–water partition coefficient (Wildman–Crippen LogP) is 3.92. The van der Waals surface area contributed by atoms with Crippen molar-refractivity contribution < 1.29 is 8.42 Å². The number of nitrogens with zero attached hydrogens (tertiary/aromatic N) is 6. The topological polar surface area (TPSA) is 127 Å². The highest BCUT2D eigenvalue weighted by Gasteiger charge is 2.27. The first-order valence-corrected chi connectivity index (χ1v) is 14.3. The molecular weight excluding hydrogens is 575 g/mol. The van der Waals surface area contributed by atoms with Crippen LogP contribution >= 0.6 is 24.8 Å². The summed E-state index contributed by atoms with van der Waals surface area (Å²) in [6, 6.07) is 11.0. The molecule has 1 aliphatic rings. The van der Waals surface area contributed by atoms with E-state index in [2.05, 4.69) is 46.6 Å².